The van der Waals surface area contributed by atoms with E-state index in [1.54, 1.807) is 18.7 Å². The summed E-state index contributed by atoms with van der Waals surface area (Å²) in [7, 11) is 2.05. The van der Waals surface area contributed by atoms with Crippen LogP contribution in [0.25, 0.3) is 10.2 Å². The van der Waals surface area contributed by atoms with Crippen LogP contribution in [0.15, 0.2) is 30.9 Å². The minimum absolute atomic E-state index is 0.00504. The molecule has 0 atom stereocenters. The van der Waals surface area contributed by atoms with Gasteiger partial charge in [0.05, 0.1) is 23.8 Å². The lowest BCUT2D eigenvalue weighted by atomic mass is 9.90. The Balaban J connectivity index is 1.16. The zero-order chi connectivity index (χ0) is 21.2. The zero-order valence-corrected chi connectivity index (χ0v) is 18.6. The molecule has 0 radical (unpaired) electrons. The molecule has 0 bridgehead atoms. The number of hydrogen-bond donors (Lipinski definition) is 2. The smallest absolute Gasteiger partial charge is 0.238 e. The van der Waals surface area contributed by atoms with Crippen molar-refractivity contribution in [3.8, 4) is 0 Å². The van der Waals surface area contributed by atoms with Crippen LogP contribution in [0.5, 0.6) is 0 Å². The third-order valence-corrected chi connectivity index (χ3v) is 7.70. The number of fused-ring (bicyclic) bond motifs is 3. The minimum atomic E-state index is 0.00504. The van der Waals surface area contributed by atoms with Gasteiger partial charge in [0.15, 0.2) is 0 Å². The number of aromatic nitrogens is 3. The number of nitrogens with one attached hydrogen (secondary N) is 2. The van der Waals surface area contributed by atoms with Crippen LogP contribution >= 0.6 is 11.3 Å². The summed E-state index contributed by atoms with van der Waals surface area (Å²) < 4.78 is 0. The highest BCUT2D eigenvalue weighted by atomic mass is 32.1. The van der Waals surface area contributed by atoms with Crippen molar-refractivity contribution in [2.24, 2.45) is 0 Å². The number of nitrogens with zero attached hydrogens (tertiary/aromatic N) is 4. The highest BCUT2D eigenvalue weighted by Crippen LogP contribution is 2.39. The first-order valence-corrected chi connectivity index (χ1v) is 11.9. The third kappa shape index (κ3) is 4.41. The van der Waals surface area contributed by atoms with E-state index in [0.29, 0.717) is 18.6 Å². The summed E-state index contributed by atoms with van der Waals surface area (Å²) in [6, 6.07) is 4.52. The number of aryl methyl sites for hydroxylation is 2. The summed E-state index contributed by atoms with van der Waals surface area (Å²) in [5.74, 6) is 1.02. The van der Waals surface area contributed by atoms with Crippen LogP contribution in [-0.2, 0) is 17.6 Å². The van der Waals surface area contributed by atoms with E-state index < -0.39 is 0 Å². The number of thiophene rings is 1. The number of rotatable bonds is 6. The molecular formula is C23H28N6OS. The molecule has 0 spiro atoms. The van der Waals surface area contributed by atoms with E-state index in [0.717, 1.165) is 48.4 Å². The van der Waals surface area contributed by atoms with Crippen LogP contribution in [0.3, 0.4) is 0 Å². The van der Waals surface area contributed by atoms with Gasteiger partial charge in [0, 0.05) is 23.2 Å². The minimum Gasteiger partial charge on any atom is -0.367 e. The van der Waals surface area contributed by atoms with E-state index in [2.05, 4.69) is 30.5 Å². The van der Waals surface area contributed by atoms with Crippen molar-refractivity contribution in [1.82, 2.24) is 19.9 Å². The molecule has 162 valence electrons. The van der Waals surface area contributed by atoms with Gasteiger partial charge >= 0.3 is 0 Å². The van der Waals surface area contributed by atoms with Crippen molar-refractivity contribution >= 4 is 39.0 Å². The summed E-state index contributed by atoms with van der Waals surface area (Å²) in [6.07, 6.45) is 12.9. The average Bonchev–Trinajstić information content (AvgIpc) is 3.36. The van der Waals surface area contributed by atoms with Gasteiger partial charge in [-0.2, -0.15) is 0 Å². The van der Waals surface area contributed by atoms with Gasteiger partial charge in [0.2, 0.25) is 5.91 Å². The monoisotopic (exact) mass is 436 g/mol. The summed E-state index contributed by atoms with van der Waals surface area (Å²) in [5, 5.41) is 7.90. The first kappa shape index (κ1) is 20.3. The largest absolute Gasteiger partial charge is 0.367 e. The molecule has 7 nitrogen and oxygen atoms in total. The Hall–Kier alpha value is -2.58. The van der Waals surface area contributed by atoms with Crippen molar-refractivity contribution in [2.45, 2.75) is 57.0 Å². The van der Waals surface area contributed by atoms with E-state index in [1.807, 2.05) is 30.5 Å². The van der Waals surface area contributed by atoms with Gasteiger partial charge in [0.1, 0.15) is 17.0 Å². The summed E-state index contributed by atoms with van der Waals surface area (Å²) in [4.78, 5) is 30.3. The van der Waals surface area contributed by atoms with Gasteiger partial charge < -0.3 is 10.6 Å². The van der Waals surface area contributed by atoms with Crippen LogP contribution in [0.2, 0.25) is 0 Å². The summed E-state index contributed by atoms with van der Waals surface area (Å²) in [6.45, 7) is 0.394. The molecule has 0 unspecified atom stereocenters. The Morgan fingerprint density at radius 2 is 2.10 bits per heavy atom. The van der Waals surface area contributed by atoms with Crippen LogP contribution in [0.4, 0.5) is 11.5 Å². The van der Waals surface area contributed by atoms with E-state index in [9.17, 15) is 4.79 Å². The Kier molecular flexibility index (Phi) is 5.82. The fourth-order valence-electron chi connectivity index (χ4n) is 4.89. The van der Waals surface area contributed by atoms with Crippen molar-refractivity contribution in [3.05, 3.63) is 41.3 Å². The highest BCUT2D eigenvalue weighted by Gasteiger charge is 2.27. The standard InChI is InChI=1S/C23H28N6OS/c1-29(13-20(30)27-16-4-3-11-24-12-16)17-9-7-15(8-10-17)28-22-21-18-5-2-6-19(18)31-23(21)26-14-25-22/h3-4,11-12,14-15,17H,2,5-10,13H2,1H3,(H,27,30)(H,25,26,28). The molecule has 3 aromatic heterocycles. The number of likely N-dealkylation sites (N-methyl/N-ethyl adjacent to an activating group) is 1. The van der Waals surface area contributed by atoms with E-state index in [1.165, 1.54) is 28.7 Å². The zero-order valence-electron chi connectivity index (χ0n) is 17.8. The van der Waals surface area contributed by atoms with E-state index >= 15 is 0 Å². The highest BCUT2D eigenvalue weighted by molar-refractivity contribution is 7.19. The maximum Gasteiger partial charge on any atom is 0.238 e. The Bertz CT molecular complexity index is 1060. The van der Waals surface area contributed by atoms with Gasteiger partial charge in [-0.15, -0.1) is 11.3 Å². The fourth-order valence-corrected chi connectivity index (χ4v) is 6.11. The third-order valence-electron chi connectivity index (χ3n) is 6.50. The van der Waals surface area contributed by atoms with Gasteiger partial charge in [-0.3, -0.25) is 14.7 Å². The normalized spacial score (nSPS) is 20.7. The Morgan fingerprint density at radius 3 is 2.90 bits per heavy atom. The number of amides is 1. The molecule has 0 aliphatic heterocycles. The molecule has 2 aliphatic rings. The lowest BCUT2D eigenvalue weighted by molar-refractivity contribution is -0.117. The number of pyridine rings is 1. The SMILES string of the molecule is CN(CC(=O)Nc1cccnc1)C1CCC(Nc2ncnc3sc4c(c23)CCC4)CC1. The fraction of sp³-hybridized carbons (Fsp3) is 0.478. The van der Waals surface area contributed by atoms with Gasteiger partial charge in [-0.25, -0.2) is 9.97 Å². The van der Waals surface area contributed by atoms with Gasteiger partial charge in [-0.05, 0) is 69.7 Å². The number of carbonyl (C=O) groups excluding carboxylic acids is 1. The van der Waals surface area contributed by atoms with Crippen molar-refractivity contribution in [1.29, 1.82) is 0 Å². The quantitative estimate of drug-likeness (QED) is 0.610. The van der Waals surface area contributed by atoms with Crippen LogP contribution in [0, 0.1) is 0 Å². The number of carbonyl (C=O) groups is 1. The second-order valence-corrected chi connectivity index (χ2v) is 9.70. The second-order valence-electron chi connectivity index (χ2n) is 8.61. The molecule has 3 aromatic rings. The van der Waals surface area contributed by atoms with Gasteiger partial charge in [0.25, 0.3) is 0 Å². The van der Waals surface area contributed by atoms with Crippen LogP contribution in [0.1, 0.15) is 42.5 Å². The Morgan fingerprint density at radius 1 is 1.23 bits per heavy atom. The summed E-state index contributed by atoms with van der Waals surface area (Å²) >= 11 is 1.83. The first-order chi connectivity index (χ1) is 15.2. The average molecular weight is 437 g/mol. The molecule has 1 amide bonds. The molecule has 3 heterocycles. The van der Waals surface area contributed by atoms with E-state index in [4.69, 9.17) is 0 Å². The predicted molar refractivity (Wildman–Crippen MR) is 125 cm³/mol. The predicted octanol–water partition coefficient (Wildman–Crippen LogP) is 3.87. The first-order valence-electron chi connectivity index (χ1n) is 11.1. The molecule has 1 fully saturated rings. The number of anilines is 2. The molecular weight excluding hydrogens is 408 g/mol. The molecule has 1 saturated carbocycles. The van der Waals surface area contributed by atoms with Crippen molar-refractivity contribution in [3.63, 3.8) is 0 Å². The van der Waals surface area contributed by atoms with Crippen molar-refractivity contribution < 1.29 is 4.79 Å². The van der Waals surface area contributed by atoms with Crippen LogP contribution < -0.4 is 10.6 Å². The molecule has 2 aliphatic carbocycles. The van der Waals surface area contributed by atoms with Crippen LogP contribution in [-0.4, -0.2) is 51.4 Å². The topological polar surface area (TPSA) is 83.0 Å². The Labute approximate surface area is 186 Å². The number of hydrogen-bond acceptors (Lipinski definition) is 7. The molecule has 8 heteroatoms. The molecule has 2 N–H and O–H groups in total. The molecule has 0 saturated heterocycles. The lowest BCUT2D eigenvalue weighted by Crippen LogP contribution is -2.42. The van der Waals surface area contributed by atoms with Crippen molar-refractivity contribution in [2.75, 3.05) is 24.2 Å². The summed E-state index contributed by atoms with van der Waals surface area (Å²) in [5.41, 5.74) is 2.21. The van der Waals surface area contributed by atoms with Gasteiger partial charge in [-0.1, -0.05) is 0 Å². The maximum absolute atomic E-state index is 12.4. The lowest BCUT2D eigenvalue weighted by Gasteiger charge is -2.34. The molecule has 5 rings (SSSR count). The maximum atomic E-state index is 12.4. The second kappa shape index (κ2) is 8.88. The molecule has 31 heavy (non-hydrogen) atoms. The molecule has 0 aromatic carbocycles. The van der Waals surface area contributed by atoms with E-state index in [-0.39, 0.29) is 5.91 Å².